The van der Waals surface area contributed by atoms with Crippen LogP contribution in [-0.2, 0) is 13.5 Å². The van der Waals surface area contributed by atoms with E-state index in [2.05, 4.69) is 27.3 Å². The Morgan fingerprint density at radius 3 is 2.67 bits per heavy atom. The summed E-state index contributed by atoms with van der Waals surface area (Å²) in [5.41, 5.74) is 2.85. The number of nitrogens with zero attached hydrogens (tertiary/aromatic N) is 4. The van der Waals surface area contributed by atoms with Crippen molar-refractivity contribution in [1.29, 1.82) is 0 Å². The average Bonchev–Trinajstić information content (AvgIpc) is 2.78. The molecule has 0 aliphatic carbocycles. The van der Waals surface area contributed by atoms with Gasteiger partial charge in [-0.25, -0.2) is 9.97 Å². The van der Waals surface area contributed by atoms with Crippen LogP contribution in [0.4, 0.5) is 5.82 Å². The van der Waals surface area contributed by atoms with Gasteiger partial charge in [0.25, 0.3) is 0 Å². The van der Waals surface area contributed by atoms with Crippen molar-refractivity contribution >= 4 is 5.82 Å². The first-order valence-electron chi connectivity index (χ1n) is 6.21. The Morgan fingerprint density at radius 2 is 2.11 bits per heavy atom. The van der Waals surface area contributed by atoms with Crippen molar-refractivity contribution in [2.75, 3.05) is 12.4 Å². The molecule has 96 valence electrons. The lowest BCUT2D eigenvalue weighted by atomic mass is 10.1. The van der Waals surface area contributed by atoms with Crippen LogP contribution in [0.15, 0.2) is 12.3 Å². The van der Waals surface area contributed by atoms with Crippen LogP contribution in [0, 0.1) is 6.92 Å². The SMILES string of the molecule is CCCc1nc(NC)c(C)c(-c2ccn(C)n2)n1. The Labute approximate surface area is 107 Å². The summed E-state index contributed by atoms with van der Waals surface area (Å²) in [4.78, 5) is 9.14. The molecule has 2 aromatic rings. The van der Waals surface area contributed by atoms with E-state index in [1.807, 2.05) is 33.3 Å². The van der Waals surface area contributed by atoms with E-state index < -0.39 is 0 Å². The van der Waals surface area contributed by atoms with E-state index in [0.29, 0.717) is 0 Å². The van der Waals surface area contributed by atoms with E-state index in [1.165, 1.54) is 0 Å². The Morgan fingerprint density at radius 1 is 1.33 bits per heavy atom. The molecule has 0 aliphatic rings. The zero-order chi connectivity index (χ0) is 13.1. The molecule has 0 aliphatic heterocycles. The van der Waals surface area contributed by atoms with Crippen LogP contribution < -0.4 is 5.32 Å². The smallest absolute Gasteiger partial charge is 0.133 e. The molecule has 1 N–H and O–H groups in total. The number of nitrogens with one attached hydrogen (secondary N) is 1. The Kier molecular flexibility index (Phi) is 3.60. The molecular weight excluding hydrogens is 226 g/mol. The number of aromatic nitrogens is 4. The van der Waals surface area contributed by atoms with Gasteiger partial charge < -0.3 is 5.32 Å². The Bertz CT molecular complexity index is 544. The summed E-state index contributed by atoms with van der Waals surface area (Å²) in [5.74, 6) is 1.75. The van der Waals surface area contributed by atoms with Gasteiger partial charge in [0.1, 0.15) is 17.3 Å². The van der Waals surface area contributed by atoms with Crippen molar-refractivity contribution < 1.29 is 0 Å². The maximum atomic E-state index is 4.63. The Balaban J connectivity index is 2.54. The largest absolute Gasteiger partial charge is 0.373 e. The lowest BCUT2D eigenvalue weighted by Crippen LogP contribution is -2.05. The lowest BCUT2D eigenvalue weighted by molar-refractivity contribution is 0.767. The Hall–Kier alpha value is -1.91. The van der Waals surface area contributed by atoms with Gasteiger partial charge >= 0.3 is 0 Å². The van der Waals surface area contributed by atoms with Crippen LogP contribution in [0.1, 0.15) is 24.7 Å². The van der Waals surface area contributed by atoms with Crippen molar-refractivity contribution in [2.24, 2.45) is 7.05 Å². The molecule has 0 atom stereocenters. The summed E-state index contributed by atoms with van der Waals surface area (Å²) >= 11 is 0. The minimum Gasteiger partial charge on any atom is -0.373 e. The predicted molar refractivity (Wildman–Crippen MR) is 72.5 cm³/mol. The van der Waals surface area contributed by atoms with Crippen molar-refractivity contribution in [2.45, 2.75) is 26.7 Å². The first-order chi connectivity index (χ1) is 8.65. The van der Waals surface area contributed by atoms with Gasteiger partial charge in [-0.15, -0.1) is 0 Å². The van der Waals surface area contributed by atoms with Crippen LogP contribution in [-0.4, -0.2) is 26.8 Å². The molecule has 2 heterocycles. The third-order valence-corrected chi connectivity index (χ3v) is 2.86. The zero-order valence-corrected chi connectivity index (χ0v) is 11.4. The standard InChI is InChI=1S/C13H19N5/c1-5-6-11-15-12(9(2)13(14-3)16-11)10-7-8-18(4)17-10/h7-8H,5-6H2,1-4H3,(H,14,15,16). The van der Waals surface area contributed by atoms with Crippen LogP contribution in [0.3, 0.4) is 0 Å². The molecule has 5 nitrogen and oxygen atoms in total. The second kappa shape index (κ2) is 5.16. The molecule has 0 unspecified atom stereocenters. The molecule has 0 aromatic carbocycles. The van der Waals surface area contributed by atoms with Gasteiger partial charge in [-0.1, -0.05) is 6.92 Å². The normalized spacial score (nSPS) is 10.7. The summed E-state index contributed by atoms with van der Waals surface area (Å²) < 4.78 is 1.79. The quantitative estimate of drug-likeness (QED) is 0.897. The minimum absolute atomic E-state index is 0.869. The van der Waals surface area contributed by atoms with Gasteiger partial charge in [0.05, 0.1) is 5.69 Å². The fourth-order valence-electron chi connectivity index (χ4n) is 1.93. The van der Waals surface area contributed by atoms with E-state index in [9.17, 15) is 0 Å². The van der Waals surface area contributed by atoms with Gasteiger partial charge in [-0.2, -0.15) is 5.10 Å². The van der Waals surface area contributed by atoms with E-state index in [4.69, 9.17) is 0 Å². The third kappa shape index (κ3) is 2.34. The molecule has 2 rings (SSSR count). The topological polar surface area (TPSA) is 55.6 Å². The van der Waals surface area contributed by atoms with Gasteiger partial charge in [-0.3, -0.25) is 4.68 Å². The number of anilines is 1. The van der Waals surface area contributed by atoms with Gasteiger partial charge in [0.2, 0.25) is 0 Å². The van der Waals surface area contributed by atoms with E-state index in [-0.39, 0.29) is 0 Å². The van der Waals surface area contributed by atoms with Crippen molar-refractivity contribution in [3.63, 3.8) is 0 Å². The predicted octanol–water partition coefficient (Wildman–Crippen LogP) is 2.18. The van der Waals surface area contributed by atoms with Crippen LogP contribution in [0.5, 0.6) is 0 Å². The highest BCUT2D eigenvalue weighted by Crippen LogP contribution is 2.24. The fraction of sp³-hybridized carbons (Fsp3) is 0.462. The van der Waals surface area contributed by atoms with Gasteiger partial charge in [0, 0.05) is 32.3 Å². The second-order valence-electron chi connectivity index (χ2n) is 4.34. The highest BCUT2D eigenvalue weighted by atomic mass is 15.3. The molecule has 0 saturated heterocycles. The third-order valence-electron chi connectivity index (χ3n) is 2.86. The number of rotatable bonds is 4. The molecule has 0 radical (unpaired) electrons. The van der Waals surface area contributed by atoms with E-state index >= 15 is 0 Å². The average molecular weight is 245 g/mol. The summed E-state index contributed by atoms with van der Waals surface area (Å²) in [5, 5.41) is 7.54. The molecule has 0 saturated carbocycles. The van der Waals surface area contributed by atoms with E-state index in [1.54, 1.807) is 4.68 Å². The zero-order valence-electron chi connectivity index (χ0n) is 11.4. The summed E-state index contributed by atoms with van der Waals surface area (Å²) in [7, 11) is 3.79. The van der Waals surface area contributed by atoms with Crippen molar-refractivity contribution in [1.82, 2.24) is 19.7 Å². The first kappa shape index (κ1) is 12.5. The van der Waals surface area contributed by atoms with Crippen molar-refractivity contribution in [3.05, 3.63) is 23.7 Å². The second-order valence-corrected chi connectivity index (χ2v) is 4.34. The highest BCUT2D eigenvalue weighted by molar-refractivity contribution is 5.64. The van der Waals surface area contributed by atoms with Gasteiger partial charge in [-0.05, 0) is 19.4 Å². The highest BCUT2D eigenvalue weighted by Gasteiger charge is 2.13. The van der Waals surface area contributed by atoms with Crippen LogP contribution in [0.25, 0.3) is 11.4 Å². The number of aryl methyl sites for hydroxylation is 2. The number of hydrogen-bond acceptors (Lipinski definition) is 4. The fourth-order valence-corrected chi connectivity index (χ4v) is 1.93. The molecule has 5 heteroatoms. The molecule has 18 heavy (non-hydrogen) atoms. The molecule has 0 bridgehead atoms. The van der Waals surface area contributed by atoms with Crippen LogP contribution in [0.2, 0.25) is 0 Å². The van der Waals surface area contributed by atoms with E-state index in [0.717, 1.165) is 41.4 Å². The summed E-state index contributed by atoms with van der Waals surface area (Å²) in [6, 6.07) is 1.98. The molecule has 2 aromatic heterocycles. The number of hydrogen-bond donors (Lipinski definition) is 1. The lowest BCUT2D eigenvalue weighted by Gasteiger charge is -2.10. The molecule has 0 spiro atoms. The summed E-state index contributed by atoms with van der Waals surface area (Å²) in [6.07, 6.45) is 3.85. The first-order valence-corrected chi connectivity index (χ1v) is 6.21. The summed E-state index contributed by atoms with van der Waals surface area (Å²) in [6.45, 7) is 4.15. The molecule has 0 amide bonds. The van der Waals surface area contributed by atoms with Crippen molar-refractivity contribution in [3.8, 4) is 11.4 Å². The van der Waals surface area contributed by atoms with Crippen LogP contribution >= 0.6 is 0 Å². The minimum atomic E-state index is 0.869. The monoisotopic (exact) mass is 245 g/mol. The molecule has 0 fully saturated rings. The maximum Gasteiger partial charge on any atom is 0.133 e. The molecular formula is C13H19N5. The van der Waals surface area contributed by atoms with Gasteiger partial charge in [0.15, 0.2) is 0 Å². The maximum absolute atomic E-state index is 4.63.